The minimum Gasteiger partial charge on any atom is -0.384 e. The van der Waals surface area contributed by atoms with E-state index in [2.05, 4.69) is 23.6 Å². The molecule has 0 aromatic heterocycles. The minimum atomic E-state index is -0.0180. The number of amides is 1. The van der Waals surface area contributed by atoms with Gasteiger partial charge in [-0.05, 0) is 43.2 Å². The molecule has 1 aliphatic heterocycles. The highest BCUT2D eigenvalue weighted by atomic mass is 16.2. The van der Waals surface area contributed by atoms with Crippen LogP contribution >= 0.6 is 0 Å². The lowest BCUT2D eigenvalue weighted by Gasteiger charge is -2.27. The average molecular weight is 258 g/mol. The Morgan fingerprint density at radius 1 is 1.21 bits per heavy atom. The number of benzene rings is 1. The second kappa shape index (κ2) is 5.24. The summed E-state index contributed by atoms with van der Waals surface area (Å²) >= 11 is 0. The summed E-state index contributed by atoms with van der Waals surface area (Å²) in [6.45, 7) is 3.03. The molecule has 3 rings (SSSR count). The largest absolute Gasteiger partial charge is 0.384 e. The van der Waals surface area contributed by atoms with E-state index < -0.39 is 0 Å². The summed E-state index contributed by atoms with van der Waals surface area (Å²) in [4.78, 5) is 12.4. The van der Waals surface area contributed by atoms with Crippen LogP contribution in [-0.4, -0.2) is 18.5 Å². The number of carbonyl (C=O) groups excluding carboxylic acids is 1. The molecule has 1 fully saturated rings. The number of fused-ring (bicyclic) bond motifs is 1. The van der Waals surface area contributed by atoms with E-state index in [9.17, 15) is 4.79 Å². The molecule has 0 bridgehead atoms. The smallest absolute Gasteiger partial charge is 0.229 e. The normalized spacial score (nSPS) is 29.4. The van der Waals surface area contributed by atoms with Gasteiger partial charge in [-0.2, -0.15) is 0 Å². The molecule has 1 amide bonds. The van der Waals surface area contributed by atoms with E-state index in [1.807, 2.05) is 18.2 Å². The predicted octanol–water partition coefficient (Wildman–Crippen LogP) is 2.89. The molecule has 0 saturated heterocycles. The van der Waals surface area contributed by atoms with Crippen LogP contribution in [0.1, 0.15) is 44.1 Å². The molecule has 3 nitrogen and oxygen atoms in total. The number of anilines is 1. The van der Waals surface area contributed by atoms with E-state index in [1.165, 1.54) is 12.8 Å². The second-order valence-electron chi connectivity index (χ2n) is 5.99. The minimum absolute atomic E-state index is 0.0180. The van der Waals surface area contributed by atoms with Crippen molar-refractivity contribution in [2.45, 2.75) is 44.6 Å². The first kappa shape index (κ1) is 12.5. The van der Waals surface area contributed by atoms with Crippen LogP contribution in [0.3, 0.4) is 0 Å². The molecule has 2 N–H and O–H groups in total. The van der Waals surface area contributed by atoms with Crippen molar-refractivity contribution < 1.29 is 4.79 Å². The molecule has 0 spiro atoms. The van der Waals surface area contributed by atoms with E-state index in [-0.39, 0.29) is 11.8 Å². The van der Waals surface area contributed by atoms with Crippen molar-refractivity contribution in [3.63, 3.8) is 0 Å². The molecular weight excluding hydrogens is 236 g/mol. The number of para-hydroxylation sites is 1. The molecule has 1 aromatic carbocycles. The topological polar surface area (TPSA) is 41.1 Å². The third-order valence-electron chi connectivity index (χ3n) is 4.51. The first-order valence-corrected chi connectivity index (χ1v) is 7.37. The van der Waals surface area contributed by atoms with Crippen molar-refractivity contribution >= 4 is 11.6 Å². The maximum atomic E-state index is 12.4. The van der Waals surface area contributed by atoms with Gasteiger partial charge in [0.05, 0.1) is 5.92 Å². The van der Waals surface area contributed by atoms with Gasteiger partial charge < -0.3 is 10.6 Å². The van der Waals surface area contributed by atoms with Crippen molar-refractivity contribution in [2.75, 3.05) is 11.9 Å². The Labute approximate surface area is 114 Å². The number of carbonyl (C=O) groups is 1. The first-order chi connectivity index (χ1) is 9.24. The fourth-order valence-electron chi connectivity index (χ4n) is 3.22. The predicted molar refractivity (Wildman–Crippen MR) is 77.2 cm³/mol. The lowest BCUT2D eigenvalue weighted by Crippen LogP contribution is -2.40. The Morgan fingerprint density at radius 3 is 2.74 bits per heavy atom. The highest BCUT2D eigenvalue weighted by Gasteiger charge is 2.30. The van der Waals surface area contributed by atoms with Crippen LogP contribution in [-0.2, 0) is 4.79 Å². The van der Waals surface area contributed by atoms with E-state index in [1.54, 1.807) is 0 Å². The molecular formula is C16H22N2O. The monoisotopic (exact) mass is 258 g/mol. The van der Waals surface area contributed by atoms with E-state index >= 15 is 0 Å². The summed E-state index contributed by atoms with van der Waals surface area (Å²) in [5.41, 5.74) is 2.25. The third-order valence-corrected chi connectivity index (χ3v) is 4.51. The van der Waals surface area contributed by atoms with Crippen molar-refractivity contribution in [2.24, 2.45) is 5.92 Å². The van der Waals surface area contributed by atoms with Gasteiger partial charge in [0.2, 0.25) is 5.91 Å². The summed E-state index contributed by atoms with van der Waals surface area (Å²) in [7, 11) is 0. The zero-order valence-electron chi connectivity index (χ0n) is 11.5. The van der Waals surface area contributed by atoms with Gasteiger partial charge in [-0.25, -0.2) is 0 Å². The highest BCUT2D eigenvalue weighted by molar-refractivity contribution is 5.88. The van der Waals surface area contributed by atoms with Crippen molar-refractivity contribution in [1.82, 2.24) is 5.32 Å². The zero-order chi connectivity index (χ0) is 13.2. The Bertz CT molecular complexity index is 464. The molecule has 1 saturated carbocycles. The number of hydrogen-bond donors (Lipinski definition) is 2. The van der Waals surface area contributed by atoms with Gasteiger partial charge in [0.25, 0.3) is 0 Å². The van der Waals surface area contributed by atoms with Crippen LogP contribution in [0.2, 0.25) is 0 Å². The standard InChI is InChI=1S/C16H22N2O/c1-11-6-8-12(9-7-11)18-16(19)14-10-17-15-5-3-2-4-13(14)15/h2-5,11-12,14,17H,6-10H2,1H3,(H,18,19). The fourth-order valence-corrected chi connectivity index (χ4v) is 3.22. The molecule has 1 aromatic rings. The van der Waals surface area contributed by atoms with Crippen molar-refractivity contribution in [1.29, 1.82) is 0 Å². The molecule has 102 valence electrons. The fraction of sp³-hybridized carbons (Fsp3) is 0.562. The van der Waals surface area contributed by atoms with Crippen molar-refractivity contribution in [3.8, 4) is 0 Å². The summed E-state index contributed by atoms with van der Waals surface area (Å²) in [6, 6.07) is 8.51. The van der Waals surface area contributed by atoms with E-state index in [0.29, 0.717) is 6.04 Å². The van der Waals surface area contributed by atoms with Gasteiger partial charge in [-0.1, -0.05) is 25.1 Å². The zero-order valence-corrected chi connectivity index (χ0v) is 11.5. The Kier molecular flexibility index (Phi) is 3.45. The molecule has 1 atom stereocenters. The lowest BCUT2D eigenvalue weighted by molar-refractivity contribution is -0.123. The van der Waals surface area contributed by atoms with Crippen molar-refractivity contribution in [3.05, 3.63) is 29.8 Å². The quantitative estimate of drug-likeness (QED) is 0.856. The number of nitrogens with one attached hydrogen (secondary N) is 2. The Morgan fingerprint density at radius 2 is 1.95 bits per heavy atom. The van der Waals surface area contributed by atoms with Gasteiger partial charge in [0, 0.05) is 18.3 Å². The Hall–Kier alpha value is -1.51. The second-order valence-corrected chi connectivity index (χ2v) is 5.99. The van der Waals surface area contributed by atoms with E-state index in [4.69, 9.17) is 0 Å². The number of hydrogen-bond acceptors (Lipinski definition) is 2. The van der Waals surface area contributed by atoms with Crippen LogP contribution in [0.5, 0.6) is 0 Å². The third kappa shape index (κ3) is 2.60. The van der Waals surface area contributed by atoms with Crippen LogP contribution < -0.4 is 10.6 Å². The summed E-state index contributed by atoms with van der Waals surface area (Å²) in [5, 5.41) is 6.56. The number of rotatable bonds is 2. The van der Waals surface area contributed by atoms with Crippen LogP contribution in [0.25, 0.3) is 0 Å². The van der Waals surface area contributed by atoms with Gasteiger partial charge in [-0.3, -0.25) is 4.79 Å². The first-order valence-electron chi connectivity index (χ1n) is 7.37. The maximum absolute atomic E-state index is 12.4. The maximum Gasteiger partial charge on any atom is 0.229 e. The molecule has 1 heterocycles. The Balaban J connectivity index is 1.63. The average Bonchev–Trinajstić information content (AvgIpc) is 2.85. The van der Waals surface area contributed by atoms with Gasteiger partial charge >= 0.3 is 0 Å². The molecule has 0 radical (unpaired) electrons. The molecule has 3 heteroatoms. The van der Waals surface area contributed by atoms with Crippen LogP contribution in [0.4, 0.5) is 5.69 Å². The van der Waals surface area contributed by atoms with Gasteiger partial charge in [-0.15, -0.1) is 0 Å². The SMILES string of the molecule is CC1CCC(NC(=O)C2CNc3ccccc32)CC1. The summed E-state index contributed by atoms with van der Waals surface area (Å²) < 4.78 is 0. The van der Waals surface area contributed by atoms with Crippen LogP contribution in [0.15, 0.2) is 24.3 Å². The summed E-state index contributed by atoms with van der Waals surface area (Å²) in [6.07, 6.45) is 4.75. The van der Waals surface area contributed by atoms with Gasteiger partial charge in [0.15, 0.2) is 0 Å². The summed E-state index contributed by atoms with van der Waals surface area (Å²) in [5.74, 6) is 0.995. The van der Waals surface area contributed by atoms with Gasteiger partial charge in [0.1, 0.15) is 0 Å². The molecule has 1 unspecified atom stereocenters. The lowest BCUT2D eigenvalue weighted by atomic mass is 9.87. The highest BCUT2D eigenvalue weighted by Crippen LogP contribution is 2.31. The van der Waals surface area contributed by atoms with Crippen LogP contribution in [0, 0.1) is 5.92 Å². The molecule has 19 heavy (non-hydrogen) atoms. The van der Waals surface area contributed by atoms with E-state index in [0.717, 1.165) is 36.6 Å². The molecule has 1 aliphatic carbocycles. The molecule has 2 aliphatic rings.